The van der Waals surface area contributed by atoms with Crippen LogP contribution in [0.5, 0.6) is 0 Å². The first-order valence-electron chi connectivity index (χ1n) is 7.00. The second-order valence-corrected chi connectivity index (χ2v) is 6.01. The topological polar surface area (TPSA) is 103 Å². The van der Waals surface area contributed by atoms with Crippen molar-refractivity contribution in [1.29, 1.82) is 0 Å². The molecule has 0 fully saturated rings. The number of anilines is 1. The molecule has 0 bridgehead atoms. The van der Waals surface area contributed by atoms with E-state index >= 15 is 0 Å². The van der Waals surface area contributed by atoms with Crippen LogP contribution in [0.25, 0.3) is 11.1 Å². The van der Waals surface area contributed by atoms with E-state index in [0.29, 0.717) is 11.1 Å². The number of ether oxygens (including phenoxy) is 1. The predicted octanol–water partition coefficient (Wildman–Crippen LogP) is 2.98. The van der Waals surface area contributed by atoms with Crippen LogP contribution in [0, 0.1) is 0 Å². The summed E-state index contributed by atoms with van der Waals surface area (Å²) in [4.78, 5) is 27.1. The molecule has 0 saturated heterocycles. The molecule has 0 aliphatic carbocycles. The Kier molecular flexibility index (Phi) is 4.36. The van der Waals surface area contributed by atoms with Crippen molar-refractivity contribution in [2.75, 3.05) is 5.73 Å². The molecule has 6 heteroatoms. The highest BCUT2D eigenvalue weighted by molar-refractivity contribution is 5.97. The van der Waals surface area contributed by atoms with Crippen LogP contribution in [0.4, 0.5) is 5.69 Å². The maximum absolute atomic E-state index is 12.2. The number of carboxylic acids is 1. The number of carboxylic acid groups (broad SMARTS) is 1. The maximum atomic E-state index is 12.2. The second kappa shape index (κ2) is 6.08. The first-order valence-corrected chi connectivity index (χ1v) is 7.00. The molecule has 0 amide bonds. The molecule has 0 atom stereocenters. The zero-order chi connectivity index (χ0) is 17.2. The summed E-state index contributed by atoms with van der Waals surface area (Å²) in [6.07, 6.45) is 1.47. The number of nitrogens with zero attached hydrogens (tertiary/aromatic N) is 1. The number of rotatable bonds is 3. The van der Waals surface area contributed by atoms with Crippen molar-refractivity contribution in [3.63, 3.8) is 0 Å². The molecule has 0 unspecified atom stereocenters. The van der Waals surface area contributed by atoms with Gasteiger partial charge in [0.2, 0.25) is 0 Å². The molecule has 1 aromatic carbocycles. The van der Waals surface area contributed by atoms with Crippen molar-refractivity contribution in [3.8, 4) is 11.1 Å². The third kappa shape index (κ3) is 3.85. The van der Waals surface area contributed by atoms with Gasteiger partial charge in [-0.05, 0) is 44.5 Å². The molecule has 120 valence electrons. The molecule has 6 nitrogen and oxygen atoms in total. The lowest BCUT2D eigenvalue weighted by molar-refractivity contribution is 0.00641. The summed E-state index contributed by atoms with van der Waals surface area (Å²) in [7, 11) is 0. The molecule has 2 aromatic rings. The van der Waals surface area contributed by atoms with E-state index in [2.05, 4.69) is 4.98 Å². The molecule has 23 heavy (non-hydrogen) atoms. The summed E-state index contributed by atoms with van der Waals surface area (Å²) >= 11 is 0. The average Bonchev–Trinajstić information content (AvgIpc) is 2.45. The summed E-state index contributed by atoms with van der Waals surface area (Å²) in [6, 6.07) is 7.89. The fraction of sp³-hybridized carbons (Fsp3) is 0.235. The minimum absolute atomic E-state index is 0.0414. The van der Waals surface area contributed by atoms with Gasteiger partial charge in [0.15, 0.2) is 5.69 Å². The first-order chi connectivity index (χ1) is 10.7. The molecule has 0 aliphatic rings. The van der Waals surface area contributed by atoms with Gasteiger partial charge in [0.05, 0.1) is 11.3 Å². The number of aromatic carboxylic acids is 1. The van der Waals surface area contributed by atoms with Gasteiger partial charge in [0, 0.05) is 11.8 Å². The Morgan fingerprint density at radius 2 is 1.74 bits per heavy atom. The van der Waals surface area contributed by atoms with Gasteiger partial charge < -0.3 is 15.6 Å². The molecule has 0 aliphatic heterocycles. The number of nitrogen functional groups attached to an aromatic ring is 1. The lowest BCUT2D eigenvalue weighted by Crippen LogP contribution is -2.25. The molecular weight excluding hydrogens is 296 g/mol. The Balaban J connectivity index is 2.40. The highest BCUT2D eigenvalue weighted by Crippen LogP contribution is 2.28. The minimum atomic E-state index is -1.01. The van der Waals surface area contributed by atoms with E-state index < -0.39 is 17.5 Å². The number of carbonyl (C=O) groups is 2. The Morgan fingerprint density at radius 1 is 1.13 bits per heavy atom. The average molecular weight is 314 g/mol. The van der Waals surface area contributed by atoms with Gasteiger partial charge in [0.25, 0.3) is 0 Å². The van der Waals surface area contributed by atoms with E-state index in [4.69, 9.17) is 15.6 Å². The molecular formula is C17H18N2O4. The summed E-state index contributed by atoms with van der Waals surface area (Å²) in [5.74, 6) is -1.60. The van der Waals surface area contributed by atoms with Gasteiger partial charge in [-0.2, -0.15) is 0 Å². The molecule has 2 rings (SSSR count). The summed E-state index contributed by atoms with van der Waals surface area (Å²) < 4.78 is 5.29. The van der Waals surface area contributed by atoms with Crippen LogP contribution in [0.2, 0.25) is 0 Å². The van der Waals surface area contributed by atoms with Gasteiger partial charge in [0.1, 0.15) is 5.60 Å². The van der Waals surface area contributed by atoms with Crippen molar-refractivity contribution in [2.45, 2.75) is 26.4 Å². The third-order valence-corrected chi connectivity index (χ3v) is 3.03. The first kappa shape index (κ1) is 16.5. The number of hydrogen-bond acceptors (Lipinski definition) is 5. The molecule has 0 saturated carbocycles. The molecule has 0 spiro atoms. The fourth-order valence-corrected chi connectivity index (χ4v) is 2.01. The standard InChI is InChI=1S/C17H18N2O4/c1-17(2,3)23-16(22)14-13(18)12(8-9-19-14)10-4-6-11(7-5-10)15(20)21/h4-9H,18H2,1-3H3,(H,20,21). The van der Waals surface area contributed by atoms with Crippen molar-refractivity contribution < 1.29 is 19.4 Å². The Morgan fingerprint density at radius 3 is 2.26 bits per heavy atom. The number of hydrogen-bond donors (Lipinski definition) is 2. The largest absolute Gasteiger partial charge is 0.478 e. The van der Waals surface area contributed by atoms with Gasteiger partial charge in [-0.15, -0.1) is 0 Å². The Labute approximate surface area is 133 Å². The quantitative estimate of drug-likeness (QED) is 0.844. The van der Waals surface area contributed by atoms with Crippen molar-refractivity contribution >= 4 is 17.6 Å². The van der Waals surface area contributed by atoms with Gasteiger partial charge >= 0.3 is 11.9 Å². The highest BCUT2D eigenvalue weighted by atomic mass is 16.6. The lowest BCUT2D eigenvalue weighted by Gasteiger charge is -2.20. The number of nitrogens with two attached hydrogens (primary N) is 1. The van der Waals surface area contributed by atoms with Crippen LogP contribution in [0.15, 0.2) is 36.5 Å². The third-order valence-electron chi connectivity index (χ3n) is 3.03. The molecule has 1 aromatic heterocycles. The van der Waals surface area contributed by atoms with Crippen LogP contribution >= 0.6 is 0 Å². The molecule has 1 heterocycles. The number of esters is 1. The number of carbonyl (C=O) groups excluding carboxylic acids is 1. The smallest absolute Gasteiger partial charge is 0.359 e. The van der Waals surface area contributed by atoms with E-state index in [-0.39, 0.29) is 16.9 Å². The van der Waals surface area contributed by atoms with Crippen LogP contribution < -0.4 is 5.73 Å². The number of benzene rings is 1. The van der Waals surface area contributed by atoms with E-state index in [1.807, 2.05) is 0 Å². The summed E-state index contributed by atoms with van der Waals surface area (Å²) in [6.45, 7) is 5.28. The summed E-state index contributed by atoms with van der Waals surface area (Å²) in [5.41, 5.74) is 7.11. The van der Waals surface area contributed by atoms with Gasteiger partial charge in [-0.1, -0.05) is 12.1 Å². The zero-order valence-corrected chi connectivity index (χ0v) is 13.2. The minimum Gasteiger partial charge on any atom is -0.478 e. The van der Waals surface area contributed by atoms with Crippen LogP contribution in [-0.4, -0.2) is 27.6 Å². The van der Waals surface area contributed by atoms with Crippen molar-refractivity contribution in [2.24, 2.45) is 0 Å². The zero-order valence-electron chi connectivity index (χ0n) is 13.2. The van der Waals surface area contributed by atoms with E-state index in [1.54, 1.807) is 39.0 Å². The number of aromatic nitrogens is 1. The van der Waals surface area contributed by atoms with E-state index in [9.17, 15) is 9.59 Å². The van der Waals surface area contributed by atoms with Crippen LogP contribution in [0.3, 0.4) is 0 Å². The van der Waals surface area contributed by atoms with Crippen LogP contribution in [0.1, 0.15) is 41.6 Å². The molecule has 0 radical (unpaired) electrons. The maximum Gasteiger partial charge on any atom is 0.359 e. The lowest BCUT2D eigenvalue weighted by atomic mass is 10.0. The van der Waals surface area contributed by atoms with E-state index in [0.717, 1.165) is 0 Å². The second-order valence-electron chi connectivity index (χ2n) is 6.01. The summed E-state index contributed by atoms with van der Waals surface area (Å²) in [5, 5.41) is 8.93. The van der Waals surface area contributed by atoms with Crippen LogP contribution in [-0.2, 0) is 4.74 Å². The highest BCUT2D eigenvalue weighted by Gasteiger charge is 2.22. The van der Waals surface area contributed by atoms with Crippen molar-refractivity contribution in [3.05, 3.63) is 47.8 Å². The number of pyridine rings is 1. The van der Waals surface area contributed by atoms with Gasteiger partial charge in [-0.25, -0.2) is 14.6 Å². The fourth-order valence-electron chi connectivity index (χ4n) is 2.01. The van der Waals surface area contributed by atoms with Crippen molar-refractivity contribution in [1.82, 2.24) is 4.98 Å². The SMILES string of the molecule is CC(C)(C)OC(=O)c1nccc(-c2ccc(C(=O)O)cc2)c1N. The molecule has 3 N–H and O–H groups in total. The Bertz CT molecular complexity index is 746. The Hall–Kier alpha value is -2.89. The predicted molar refractivity (Wildman–Crippen MR) is 86.2 cm³/mol. The monoisotopic (exact) mass is 314 g/mol. The van der Waals surface area contributed by atoms with Gasteiger partial charge in [-0.3, -0.25) is 0 Å². The normalized spacial score (nSPS) is 11.1. The van der Waals surface area contributed by atoms with E-state index in [1.165, 1.54) is 18.3 Å².